The van der Waals surface area contributed by atoms with E-state index in [0.717, 1.165) is 43.8 Å². The van der Waals surface area contributed by atoms with Gasteiger partial charge in [-0.1, -0.05) is 30.3 Å². The highest BCUT2D eigenvalue weighted by molar-refractivity contribution is 5.80. The van der Waals surface area contributed by atoms with Crippen LogP contribution in [0.2, 0.25) is 0 Å². The lowest BCUT2D eigenvalue weighted by Gasteiger charge is -2.33. The van der Waals surface area contributed by atoms with Gasteiger partial charge in [0.15, 0.2) is 0 Å². The van der Waals surface area contributed by atoms with Gasteiger partial charge in [-0.3, -0.25) is 14.5 Å². The quantitative estimate of drug-likeness (QED) is 0.555. The molecular formula is C27H32N4O3. The molecule has 2 heterocycles. The number of likely N-dealkylation sites (tertiary alicyclic amines) is 1. The lowest BCUT2D eigenvalue weighted by molar-refractivity contribution is -0.125. The summed E-state index contributed by atoms with van der Waals surface area (Å²) in [5.41, 5.74) is 2.50. The van der Waals surface area contributed by atoms with E-state index in [1.165, 1.54) is 16.3 Å². The molecule has 0 radical (unpaired) electrons. The monoisotopic (exact) mass is 460 g/mol. The molecule has 1 unspecified atom stereocenters. The van der Waals surface area contributed by atoms with Gasteiger partial charge >= 0.3 is 0 Å². The van der Waals surface area contributed by atoms with Crippen LogP contribution in [0.1, 0.15) is 38.3 Å². The van der Waals surface area contributed by atoms with Crippen molar-refractivity contribution >= 4 is 5.91 Å². The molecule has 2 aromatic carbocycles. The lowest BCUT2D eigenvalue weighted by atomic mass is 10.0. The van der Waals surface area contributed by atoms with Gasteiger partial charge in [0.25, 0.3) is 5.56 Å². The van der Waals surface area contributed by atoms with Gasteiger partial charge in [-0.15, -0.1) is 0 Å². The Morgan fingerprint density at radius 3 is 2.44 bits per heavy atom. The summed E-state index contributed by atoms with van der Waals surface area (Å²) in [6.07, 6.45) is 1.78. The predicted octanol–water partition coefficient (Wildman–Crippen LogP) is 3.65. The van der Waals surface area contributed by atoms with Crippen LogP contribution >= 0.6 is 0 Å². The molecule has 1 aromatic heterocycles. The normalized spacial score (nSPS) is 15.6. The summed E-state index contributed by atoms with van der Waals surface area (Å²) in [7, 11) is 0. The average Bonchev–Trinajstić information content (AvgIpc) is 2.86. The molecule has 1 saturated heterocycles. The minimum atomic E-state index is -0.697. The number of amides is 1. The molecule has 0 aliphatic carbocycles. The number of ether oxygens (including phenoxy) is 1. The maximum atomic E-state index is 13.0. The lowest BCUT2D eigenvalue weighted by Crippen LogP contribution is -2.47. The van der Waals surface area contributed by atoms with Crippen molar-refractivity contribution in [1.82, 2.24) is 20.0 Å². The van der Waals surface area contributed by atoms with Crippen molar-refractivity contribution in [3.8, 4) is 17.0 Å². The molecule has 0 saturated carbocycles. The first-order valence-corrected chi connectivity index (χ1v) is 11.9. The minimum absolute atomic E-state index is 0.104. The highest BCUT2D eigenvalue weighted by atomic mass is 16.5. The zero-order chi connectivity index (χ0) is 23.9. The van der Waals surface area contributed by atoms with Gasteiger partial charge < -0.3 is 10.1 Å². The van der Waals surface area contributed by atoms with Gasteiger partial charge in [-0.05, 0) is 62.6 Å². The number of carbonyl (C=O) groups excluding carboxylic acids is 1. The summed E-state index contributed by atoms with van der Waals surface area (Å²) in [4.78, 5) is 27.9. The van der Waals surface area contributed by atoms with E-state index >= 15 is 0 Å². The summed E-state index contributed by atoms with van der Waals surface area (Å²) < 4.78 is 6.76. The number of nitrogens with one attached hydrogen (secondary N) is 1. The molecule has 0 bridgehead atoms. The van der Waals surface area contributed by atoms with Crippen LogP contribution in [-0.4, -0.2) is 46.3 Å². The fourth-order valence-corrected chi connectivity index (χ4v) is 4.26. The third-order valence-corrected chi connectivity index (χ3v) is 6.22. The number of aromatic nitrogens is 2. The van der Waals surface area contributed by atoms with E-state index in [-0.39, 0.29) is 17.5 Å². The Morgan fingerprint density at radius 1 is 1.06 bits per heavy atom. The first kappa shape index (κ1) is 23.7. The Balaban J connectivity index is 1.36. The number of rotatable bonds is 8. The van der Waals surface area contributed by atoms with Crippen molar-refractivity contribution in [2.24, 2.45) is 0 Å². The number of piperidine rings is 1. The number of hydrogen-bond acceptors (Lipinski definition) is 5. The summed E-state index contributed by atoms with van der Waals surface area (Å²) in [5.74, 6) is 0.599. The van der Waals surface area contributed by atoms with Crippen LogP contribution in [0.15, 0.2) is 71.5 Å². The summed E-state index contributed by atoms with van der Waals surface area (Å²) >= 11 is 0. The van der Waals surface area contributed by atoms with E-state index in [2.05, 4.69) is 39.6 Å². The first-order chi connectivity index (χ1) is 16.5. The maximum Gasteiger partial charge on any atom is 0.267 e. The molecule has 34 heavy (non-hydrogen) atoms. The van der Waals surface area contributed by atoms with E-state index < -0.39 is 6.04 Å². The smallest absolute Gasteiger partial charge is 0.267 e. The topological polar surface area (TPSA) is 76.5 Å². The molecule has 1 aliphatic rings. The van der Waals surface area contributed by atoms with E-state index in [4.69, 9.17) is 4.74 Å². The van der Waals surface area contributed by atoms with Crippen LogP contribution in [0.4, 0.5) is 0 Å². The van der Waals surface area contributed by atoms with Gasteiger partial charge in [0.2, 0.25) is 5.91 Å². The number of benzene rings is 2. The summed E-state index contributed by atoms with van der Waals surface area (Å²) in [6, 6.07) is 20.5. The molecule has 1 aliphatic heterocycles. The van der Waals surface area contributed by atoms with E-state index in [0.29, 0.717) is 12.3 Å². The number of nitrogens with zero attached hydrogens (tertiary/aromatic N) is 3. The number of carbonyl (C=O) groups is 1. The van der Waals surface area contributed by atoms with Crippen LogP contribution in [-0.2, 0) is 11.3 Å². The second kappa shape index (κ2) is 11.1. The average molecular weight is 461 g/mol. The molecule has 178 valence electrons. The fourth-order valence-electron chi connectivity index (χ4n) is 4.26. The van der Waals surface area contributed by atoms with Crippen LogP contribution in [0.3, 0.4) is 0 Å². The molecule has 1 N–H and O–H groups in total. The van der Waals surface area contributed by atoms with E-state index in [1.54, 1.807) is 13.0 Å². The van der Waals surface area contributed by atoms with Crippen LogP contribution < -0.4 is 15.6 Å². The van der Waals surface area contributed by atoms with Gasteiger partial charge in [-0.25, -0.2) is 4.68 Å². The molecule has 7 heteroatoms. The fraction of sp³-hybridized carbons (Fsp3) is 0.370. The van der Waals surface area contributed by atoms with E-state index in [1.807, 2.05) is 37.3 Å². The molecule has 1 atom stereocenters. The van der Waals surface area contributed by atoms with Gasteiger partial charge in [-0.2, -0.15) is 5.10 Å². The zero-order valence-electron chi connectivity index (χ0n) is 19.8. The van der Waals surface area contributed by atoms with Gasteiger partial charge in [0.05, 0.1) is 12.3 Å². The Hall–Kier alpha value is -3.45. The van der Waals surface area contributed by atoms with Gasteiger partial charge in [0, 0.05) is 37.3 Å². The van der Waals surface area contributed by atoms with Crippen LogP contribution in [0.25, 0.3) is 11.3 Å². The third kappa shape index (κ3) is 5.91. The summed E-state index contributed by atoms with van der Waals surface area (Å²) in [5, 5.41) is 7.61. The highest BCUT2D eigenvalue weighted by Crippen LogP contribution is 2.21. The molecular weight excluding hydrogens is 428 g/mol. The SMILES string of the molecule is CCOc1ccc(-c2ccc(=O)n(C(C)C(=O)NC3CCN(Cc4ccccc4)CC3)n2)cc1. The van der Waals surface area contributed by atoms with E-state index in [9.17, 15) is 9.59 Å². The third-order valence-electron chi connectivity index (χ3n) is 6.22. The minimum Gasteiger partial charge on any atom is -0.494 e. The van der Waals surface area contributed by atoms with Gasteiger partial charge in [0.1, 0.15) is 11.8 Å². The Kier molecular flexibility index (Phi) is 7.75. The summed E-state index contributed by atoms with van der Waals surface area (Å²) in [6.45, 7) is 7.04. The van der Waals surface area contributed by atoms with Crippen molar-refractivity contribution in [1.29, 1.82) is 0 Å². The van der Waals surface area contributed by atoms with Crippen LogP contribution in [0, 0.1) is 0 Å². The Bertz CT molecular complexity index is 1140. The van der Waals surface area contributed by atoms with Crippen molar-refractivity contribution in [2.75, 3.05) is 19.7 Å². The second-order valence-electron chi connectivity index (χ2n) is 8.68. The molecule has 1 amide bonds. The largest absolute Gasteiger partial charge is 0.494 e. The number of hydrogen-bond donors (Lipinski definition) is 1. The Labute approximate surface area is 200 Å². The highest BCUT2D eigenvalue weighted by Gasteiger charge is 2.24. The standard InChI is InChI=1S/C27H32N4O3/c1-3-34-24-11-9-22(10-12-24)25-13-14-26(32)31(29-25)20(2)27(33)28-23-15-17-30(18-16-23)19-21-7-5-4-6-8-21/h4-14,20,23H,3,15-19H2,1-2H3,(H,28,33). The van der Waals surface area contributed by atoms with Crippen molar-refractivity contribution in [2.45, 2.75) is 45.3 Å². The zero-order valence-corrected chi connectivity index (χ0v) is 19.8. The van der Waals surface area contributed by atoms with Crippen molar-refractivity contribution in [3.05, 3.63) is 82.6 Å². The molecule has 7 nitrogen and oxygen atoms in total. The first-order valence-electron chi connectivity index (χ1n) is 11.9. The molecule has 3 aromatic rings. The van der Waals surface area contributed by atoms with Crippen molar-refractivity contribution < 1.29 is 9.53 Å². The maximum absolute atomic E-state index is 13.0. The van der Waals surface area contributed by atoms with Crippen molar-refractivity contribution in [3.63, 3.8) is 0 Å². The molecule has 1 fully saturated rings. The second-order valence-corrected chi connectivity index (χ2v) is 8.68. The van der Waals surface area contributed by atoms with Crippen LogP contribution in [0.5, 0.6) is 5.75 Å². The molecule has 0 spiro atoms. The predicted molar refractivity (Wildman–Crippen MR) is 133 cm³/mol. The molecule has 4 rings (SSSR count). The Morgan fingerprint density at radius 2 is 1.76 bits per heavy atom.